The van der Waals surface area contributed by atoms with Crippen LogP contribution in [0.2, 0.25) is 5.02 Å². The molecule has 33 heavy (non-hydrogen) atoms. The lowest BCUT2D eigenvalue weighted by Crippen LogP contribution is -2.30. The SMILES string of the molecule is O=C(NCC1CCCCC1)c1ccc(Nc2nc3cccc(-c4cccc(Cl)c4)n3n2)cc1. The molecule has 0 saturated heterocycles. The van der Waals surface area contributed by atoms with Gasteiger partial charge in [0.1, 0.15) is 0 Å². The van der Waals surface area contributed by atoms with Crippen LogP contribution >= 0.6 is 11.6 Å². The van der Waals surface area contributed by atoms with E-state index in [2.05, 4.69) is 20.7 Å². The summed E-state index contributed by atoms with van der Waals surface area (Å²) in [5.41, 5.74) is 4.07. The standard InChI is InChI=1S/C26H26ClN5O/c27-21-9-4-8-20(16-21)23-10-5-11-24-30-26(31-32(23)24)29-22-14-12-19(13-15-22)25(33)28-17-18-6-2-1-3-7-18/h4-5,8-16,18H,1-3,6-7,17H2,(H,28,33)(H,29,31). The molecule has 1 fully saturated rings. The average Bonchev–Trinajstić information content (AvgIpc) is 3.26. The smallest absolute Gasteiger partial charge is 0.251 e. The minimum Gasteiger partial charge on any atom is -0.352 e. The molecule has 2 N–H and O–H groups in total. The third kappa shape index (κ3) is 5.01. The highest BCUT2D eigenvalue weighted by Crippen LogP contribution is 2.25. The van der Waals surface area contributed by atoms with E-state index in [-0.39, 0.29) is 5.91 Å². The third-order valence-corrected chi connectivity index (χ3v) is 6.39. The van der Waals surface area contributed by atoms with Gasteiger partial charge in [0.05, 0.1) is 5.69 Å². The third-order valence-electron chi connectivity index (χ3n) is 6.16. The Morgan fingerprint density at radius 3 is 2.58 bits per heavy atom. The van der Waals surface area contributed by atoms with Crippen molar-refractivity contribution in [3.63, 3.8) is 0 Å². The van der Waals surface area contributed by atoms with Gasteiger partial charge in [-0.15, -0.1) is 5.10 Å². The Morgan fingerprint density at radius 1 is 1.00 bits per heavy atom. The molecule has 5 rings (SSSR count). The first kappa shape index (κ1) is 21.5. The molecule has 1 aliphatic carbocycles. The number of rotatable bonds is 6. The molecule has 2 aromatic heterocycles. The molecule has 0 unspecified atom stereocenters. The van der Waals surface area contributed by atoms with Crippen molar-refractivity contribution in [1.82, 2.24) is 19.9 Å². The first-order valence-corrected chi connectivity index (χ1v) is 11.8. The summed E-state index contributed by atoms with van der Waals surface area (Å²) in [5.74, 6) is 1.07. The van der Waals surface area contributed by atoms with Crippen molar-refractivity contribution in [2.24, 2.45) is 5.92 Å². The van der Waals surface area contributed by atoms with Crippen LogP contribution in [0.5, 0.6) is 0 Å². The Labute approximate surface area is 198 Å². The van der Waals surface area contributed by atoms with E-state index in [1.165, 1.54) is 32.1 Å². The molecule has 1 saturated carbocycles. The molecule has 1 amide bonds. The van der Waals surface area contributed by atoms with Gasteiger partial charge in [-0.3, -0.25) is 4.79 Å². The zero-order chi connectivity index (χ0) is 22.6. The van der Waals surface area contributed by atoms with Crippen LogP contribution in [0.15, 0.2) is 66.7 Å². The van der Waals surface area contributed by atoms with E-state index in [0.717, 1.165) is 29.1 Å². The predicted molar refractivity (Wildman–Crippen MR) is 132 cm³/mol. The van der Waals surface area contributed by atoms with Crippen molar-refractivity contribution in [1.29, 1.82) is 0 Å². The van der Waals surface area contributed by atoms with Gasteiger partial charge in [0.2, 0.25) is 5.95 Å². The quantitative estimate of drug-likeness (QED) is 0.365. The maximum Gasteiger partial charge on any atom is 0.251 e. The van der Waals surface area contributed by atoms with Crippen LogP contribution in [0.4, 0.5) is 11.6 Å². The van der Waals surface area contributed by atoms with Crippen LogP contribution in [0.3, 0.4) is 0 Å². The normalized spacial score (nSPS) is 14.3. The average molecular weight is 460 g/mol. The monoisotopic (exact) mass is 459 g/mol. The van der Waals surface area contributed by atoms with Gasteiger partial charge in [0, 0.05) is 28.4 Å². The molecule has 0 aliphatic heterocycles. The zero-order valence-electron chi connectivity index (χ0n) is 18.3. The summed E-state index contributed by atoms with van der Waals surface area (Å²) in [6, 6.07) is 20.9. The van der Waals surface area contributed by atoms with E-state index in [9.17, 15) is 4.79 Å². The molecule has 2 heterocycles. The van der Waals surface area contributed by atoms with Gasteiger partial charge in [-0.25, -0.2) is 4.52 Å². The number of amides is 1. The lowest BCUT2D eigenvalue weighted by Gasteiger charge is -2.21. The molecule has 0 radical (unpaired) electrons. The number of nitrogens with zero attached hydrogens (tertiary/aromatic N) is 3. The number of halogens is 1. The number of aromatic nitrogens is 3. The number of hydrogen-bond acceptors (Lipinski definition) is 4. The van der Waals surface area contributed by atoms with Gasteiger partial charge in [0.15, 0.2) is 5.65 Å². The second-order valence-corrected chi connectivity index (χ2v) is 8.98. The number of anilines is 2. The summed E-state index contributed by atoms with van der Waals surface area (Å²) in [6.07, 6.45) is 6.31. The number of carbonyl (C=O) groups excluding carboxylic acids is 1. The summed E-state index contributed by atoms with van der Waals surface area (Å²) in [6.45, 7) is 0.763. The highest BCUT2D eigenvalue weighted by molar-refractivity contribution is 6.30. The highest BCUT2D eigenvalue weighted by Gasteiger charge is 2.15. The van der Waals surface area contributed by atoms with Gasteiger partial charge < -0.3 is 10.6 Å². The van der Waals surface area contributed by atoms with Crippen LogP contribution < -0.4 is 10.6 Å². The van der Waals surface area contributed by atoms with E-state index < -0.39 is 0 Å². The molecule has 7 heteroatoms. The molecule has 4 aromatic rings. The molecule has 2 aromatic carbocycles. The number of carbonyl (C=O) groups is 1. The van der Waals surface area contributed by atoms with Crippen molar-refractivity contribution in [3.05, 3.63) is 77.3 Å². The Bertz CT molecular complexity index is 1260. The molecule has 0 spiro atoms. The molecular weight excluding hydrogens is 434 g/mol. The fourth-order valence-corrected chi connectivity index (χ4v) is 4.58. The largest absolute Gasteiger partial charge is 0.352 e. The molecule has 0 atom stereocenters. The van der Waals surface area contributed by atoms with Crippen LogP contribution in [-0.4, -0.2) is 27.0 Å². The number of fused-ring (bicyclic) bond motifs is 1. The maximum atomic E-state index is 12.5. The Hall–Kier alpha value is -3.38. The molecule has 6 nitrogen and oxygen atoms in total. The van der Waals surface area contributed by atoms with Crippen molar-refractivity contribution in [2.45, 2.75) is 32.1 Å². The zero-order valence-corrected chi connectivity index (χ0v) is 19.1. The van der Waals surface area contributed by atoms with Crippen LogP contribution in [0.1, 0.15) is 42.5 Å². The van der Waals surface area contributed by atoms with Gasteiger partial charge in [-0.1, -0.05) is 49.1 Å². The van der Waals surface area contributed by atoms with Gasteiger partial charge in [-0.05, 0) is 67.3 Å². The van der Waals surface area contributed by atoms with E-state index in [1.54, 1.807) is 4.52 Å². The van der Waals surface area contributed by atoms with Gasteiger partial charge in [-0.2, -0.15) is 4.98 Å². The second-order valence-electron chi connectivity index (χ2n) is 8.54. The molecular formula is C26H26ClN5O. The minimum absolute atomic E-state index is 0.0239. The fraction of sp³-hybridized carbons (Fsp3) is 0.269. The summed E-state index contributed by atoms with van der Waals surface area (Å²) in [4.78, 5) is 17.1. The minimum atomic E-state index is -0.0239. The van der Waals surface area contributed by atoms with Gasteiger partial charge in [0.25, 0.3) is 5.91 Å². The van der Waals surface area contributed by atoms with E-state index in [1.807, 2.05) is 66.7 Å². The summed E-state index contributed by atoms with van der Waals surface area (Å²) >= 11 is 6.17. The number of hydrogen-bond donors (Lipinski definition) is 2. The van der Waals surface area contributed by atoms with Crippen LogP contribution in [0.25, 0.3) is 16.9 Å². The lowest BCUT2D eigenvalue weighted by molar-refractivity contribution is 0.0943. The van der Waals surface area contributed by atoms with Crippen LogP contribution in [0, 0.1) is 5.92 Å². The first-order chi connectivity index (χ1) is 16.2. The Balaban J connectivity index is 1.28. The van der Waals surface area contributed by atoms with Crippen LogP contribution in [-0.2, 0) is 0 Å². The Kier molecular flexibility index (Phi) is 6.26. The van der Waals surface area contributed by atoms with Crippen molar-refractivity contribution >= 4 is 34.8 Å². The first-order valence-electron chi connectivity index (χ1n) is 11.4. The topological polar surface area (TPSA) is 71.3 Å². The van der Waals surface area contributed by atoms with E-state index in [4.69, 9.17) is 11.6 Å². The highest BCUT2D eigenvalue weighted by atomic mass is 35.5. The van der Waals surface area contributed by atoms with E-state index in [0.29, 0.717) is 22.5 Å². The molecule has 1 aliphatic rings. The Morgan fingerprint density at radius 2 is 1.79 bits per heavy atom. The predicted octanol–water partition coefficient (Wildman–Crippen LogP) is 6.10. The van der Waals surface area contributed by atoms with Crippen molar-refractivity contribution < 1.29 is 4.79 Å². The van der Waals surface area contributed by atoms with Gasteiger partial charge >= 0.3 is 0 Å². The molecule has 168 valence electrons. The maximum absolute atomic E-state index is 12.5. The van der Waals surface area contributed by atoms with Crippen molar-refractivity contribution in [2.75, 3.05) is 11.9 Å². The summed E-state index contributed by atoms with van der Waals surface area (Å²) in [5, 5.41) is 11.6. The molecule has 0 bridgehead atoms. The number of pyridine rings is 1. The van der Waals surface area contributed by atoms with E-state index >= 15 is 0 Å². The second kappa shape index (κ2) is 9.63. The number of nitrogens with one attached hydrogen (secondary N) is 2. The number of benzene rings is 2. The van der Waals surface area contributed by atoms with Crippen molar-refractivity contribution in [3.8, 4) is 11.3 Å². The lowest BCUT2D eigenvalue weighted by atomic mass is 9.89. The fourth-order valence-electron chi connectivity index (χ4n) is 4.39. The summed E-state index contributed by atoms with van der Waals surface area (Å²) in [7, 11) is 0. The summed E-state index contributed by atoms with van der Waals surface area (Å²) < 4.78 is 1.79.